The van der Waals surface area contributed by atoms with Crippen molar-refractivity contribution >= 4 is 12.1 Å². The summed E-state index contributed by atoms with van der Waals surface area (Å²) in [5, 5.41) is 12.0. The van der Waals surface area contributed by atoms with Gasteiger partial charge < -0.3 is 0 Å². The van der Waals surface area contributed by atoms with Gasteiger partial charge in [0.2, 0.25) is 0 Å². The predicted octanol–water partition coefficient (Wildman–Crippen LogP) is 7.05. The molecular weight excluding hydrogens is 696 g/mol. The second-order valence-corrected chi connectivity index (χ2v) is 6.12. The third-order valence-corrected chi connectivity index (χ3v) is 3.22. The molecule has 0 amide bonds. The van der Waals surface area contributed by atoms with Crippen molar-refractivity contribution in [1.29, 1.82) is 0 Å². The van der Waals surface area contributed by atoms with E-state index in [9.17, 15) is 115 Å². The highest BCUT2D eigenvalue weighted by Gasteiger charge is 2.81. The second-order valence-electron chi connectivity index (χ2n) is 6.12. The number of rotatable bonds is 8. The molecule has 2 N–H and O–H groups in total. The molecule has 0 aliphatic carbocycles. The number of carbonyl (C=O) groups excluding carboxylic acids is 2. The first-order chi connectivity index (χ1) is 17.8. The Hall–Kier alpha value is -2.50. The van der Waals surface area contributed by atoms with Crippen LogP contribution in [0.25, 0.3) is 0 Å². The fourth-order valence-electron chi connectivity index (χ4n) is 1.23. The molecule has 30 heteroatoms. The molecule has 0 aromatic carbocycles. The van der Waals surface area contributed by atoms with Crippen LogP contribution in [0.15, 0.2) is 0 Å². The van der Waals surface area contributed by atoms with E-state index in [1.165, 1.54) is 9.47 Å². The summed E-state index contributed by atoms with van der Waals surface area (Å²) >= 11 is 0. The summed E-state index contributed by atoms with van der Waals surface area (Å²) in [4.78, 5) is 19.2. The number of ether oxygens (including phenoxy) is 2. The summed E-state index contributed by atoms with van der Waals surface area (Å²) in [5.41, 5.74) is 0. The van der Waals surface area contributed by atoms with E-state index in [4.69, 9.17) is 10.5 Å². The molecule has 0 aromatic rings. The van der Waals surface area contributed by atoms with Crippen molar-refractivity contribution in [3.8, 4) is 0 Å². The molecule has 0 rings (SSSR count). The number of hydrogen-bond donors (Lipinski definition) is 2. The van der Waals surface area contributed by atoms with Crippen molar-refractivity contribution in [1.82, 2.24) is 0 Å². The lowest BCUT2D eigenvalue weighted by atomic mass is 10.2. The van der Waals surface area contributed by atoms with E-state index in [0.29, 0.717) is 0 Å². The maximum absolute atomic E-state index is 12.6. The van der Waals surface area contributed by atoms with Crippen LogP contribution in [0.2, 0.25) is 0 Å². The predicted molar refractivity (Wildman–Crippen MR) is 71.3 cm³/mol. The largest absolute Gasteiger partial charge is 0.462 e. The molecule has 0 radical (unpaired) electrons. The zero-order valence-electron chi connectivity index (χ0n) is 17.6. The van der Waals surface area contributed by atoms with Crippen LogP contribution in [0.3, 0.4) is 0 Å². The van der Waals surface area contributed by atoms with Gasteiger partial charge in [0.25, 0.3) is 0 Å². The Morgan fingerprint density at radius 3 is 0.643 bits per heavy atom. The highest BCUT2D eigenvalue weighted by Crippen LogP contribution is 2.52. The van der Waals surface area contributed by atoms with E-state index < -0.39 is 72.6 Å². The van der Waals surface area contributed by atoms with Gasteiger partial charge in [-0.05, 0) is 0 Å². The van der Waals surface area contributed by atoms with Crippen molar-refractivity contribution in [2.75, 3.05) is 0 Å². The first-order valence-corrected chi connectivity index (χ1v) is 7.96. The van der Waals surface area contributed by atoms with Gasteiger partial charge in [0, 0.05) is 0 Å². The van der Waals surface area contributed by atoms with Gasteiger partial charge in [-0.2, -0.15) is 105 Å². The molecule has 0 aromatic heterocycles. The average Bonchev–Trinajstić information content (AvgIpc) is 2.71. The molecule has 0 saturated carbocycles. The highest BCUT2D eigenvalue weighted by atomic mass is 19.4. The van der Waals surface area contributed by atoms with E-state index in [-0.39, 0.29) is 0 Å². The lowest BCUT2D eigenvalue weighted by Gasteiger charge is -2.32. The molecule has 42 heavy (non-hydrogen) atoms. The van der Waals surface area contributed by atoms with Crippen molar-refractivity contribution in [2.45, 2.75) is 60.5 Å². The van der Waals surface area contributed by atoms with Crippen LogP contribution in [0.4, 0.5) is 105 Å². The molecule has 2 atom stereocenters. The van der Waals surface area contributed by atoms with Crippen LogP contribution in [0.5, 0.6) is 0 Å². The molecule has 254 valence electrons. The van der Waals surface area contributed by atoms with Crippen molar-refractivity contribution < 1.29 is 135 Å². The summed E-state index contributed by atoms with van der Waals surface area (Å²) in [7, 11) is 0. The highest BCUT2D eigenvalue weighted by molar-refractivity contribution is 5.78. The molecule has 2 unspecified atom stereocenters. The standard InChI is InChI=1S/2C6F12O2.H2O2/c2*7-1(19)2(8,4(11,12)13)20-6(17,18)3(9,10)5(14,15)16;1-2/h;;1-2H. The molecule has 0 aliphatic rings. The summed E-state index contributed by atoms with van der Waals surface area (Å²) in [5.74, 6) is -28.0. The number of halogens is 24. The van der Waals surface area contributed by atoms with Crippen molar-refractivity contribution in [3.63, 3.8) is 0 Å². The molecule has 0 heterocycles. The van der Waals surface area contributed by atoms with Crippen LogP contribution >= 0.6 is 0 Å². The maximum atomic E-state index is 12.6. The molecule has 0 bridgehead atoms. The van der Waals surface area contributed by atoms with Gasteiger partial charge in [0.15, 0.2) is 0 Å². The van der Waals surface area contributed by atoms with Gasteiger partial charge >= 0.3 is 72.6 Å². The topological polar surface area (TPSA) is 93.1 Å². The van der Waals surface area contributed by atoms with Crippen LogP contribution in [0, 0.1) is 0 Å². The molecule has 6 nitrogen and oxygen atoms in total. The van der Waals surface area contributed by atoms with E-state index in [1.807, 2.05) is 0 Å². The molecule has 0 fully saturated rings. The Bertz CT molecular complexity index is 841. The Balaban J connectivity index is -0.000000683. The Kier molecular flexibility index (Phi) is 13.2. The monoisotopic (exact) mass is 698 g/mol. The fraction of sp³-hybridized carbons (Fsp3) is 0.833. The van der Waals surface area contributed by atoms with Gasteiger partial charge in [0.05, 0.1) is 0 Å². The quantitative estimate of drug-likeness (QED) is 0.122. The van der Waals surface area contributed by atoms with E-state index in [0.717, 1.165) is 0 Å². The fourth-order valence-corrected chi connectivity index (χ4v) is 1.23. The Morgan fingerprint density at radius 2 is 0.548 bits per heavy atom. The van der Waals surface area contributed by atoms with E-state index in [2.05, 4.69) is 0 Å². The first-order valence-electron chi connectivity index (χ1n) is 7.96. The molecule has 0 saturated heterocycles. The smallest absolute Gasteiger partial charge is 0.261 e. The average molecular weight is 698 g/mol. The summed E-state index contributed by atoms with van der Waals surface area (Å²) in [6.45, 7) is 0. The normalized spacial score (nSPS) is 17.1. The van der Waals surface area contributed by atoms with Gasteiger partial charge in [-0.1, -0.05) is 0 Å². The van der Waals surface area contributed by atoms with E-state index in [1.54, 1.807) is 0 Å². The van der Waals surface area contributed by atoms with Crippen LogP contribution < -0.4 is 0 Å². The summed E-state index contributed by atoms with van der Waals surface area (Å²) in [6.07, 6.45) is -42.7. The van der Waals surface area contributed by atoms with Gasteiger partial charge in [-0.25, -0.2) is 0 Å². The van der Waals surface area contributed by atoms with Gasteiger partial charge in [-0.15, -0.1) is 0 Å². The second kappa shape index (κ2) is 12.6. The zero-order chi connectivity index (χ0) is 35.6. The maximum Gasteiger partial charge on any atom is 0.462 e. The van der Waals surface area contributed by atoms with Crippen LogP contribution in [-0.2, 0) is 19.1 Å². The SMILES string of the molecule is O=C(F)C(F)(OC(F)(F)C(F)(F)C(F)(F)F)C(F)(F)F.O=C(F)C(F)(OC(F)(F)C(F)(F)C(F)(F)F)C(F)(F)F.OO. The lowest BCUT2D eigenvalue weighted by molar-refractivity contribution is -0.474. The number of hydrogen-bond acceptors (Lipinski definition) is 6. The number of carbonyl (C=O) groups is 2. The number of alkyl halides is 22. The summed E-state index contributed by atoms with van der Waals surface area (Å²) in [6, 6.07) is -8.77. The van der Waals surface area contributed by atoms with Crippen LogP contribution in [-0.4, -0.2) is 83.1 Å². The minimum atomic E-state index is -7.32. The van der Waals surface area contributed by atoms with Gasteiger partial charge in [-0.3, -0.25) is 29.6 Å². The first kappa shape index (κ1) is 43.9. The minimum absolute atomic E-state index is 1.52. The molecule has 0 aliphatic heterocycles. The van der Waals surface area contributed by atoms with Crippen molar-refractivity contribution in [2.24, 2.45) is 0 Å². The molecular formula is C12H2F24O6. The molecule has 0 spiro atoms. The lowest BCUT2D eigenvalue weighted by Crippen LogP contribution is -2.61. The minimum Gasteiger partial charge on any atom is -0.261 e. The summed E-state index contributed by atoms with van der Waals surface area (Å²) < 4.78 is 289. The third-order valence-electron chi connectivity index (χ3n) is 3.22. The zero-order valence-corrected chi connectivity index (χ0v) is 17.6. The Morgan fingerprint density at radius 1 is 0.381 bits per heavy atom. The Labute approximate surface area is 209 Å². The third kappa shape index (κ3) is 8.76. The van der Waals surface area contributed by atoms with Crippen LogP contribution in [0.1, 0.15) is 0 Å². The van der Waals surface area contributed by atoms with Crippen molar-refractivity contribution in [3.05, 3.63) is 0 Å². The van der Waals surface area contributed by atoms with Gasteiger partial charge in [0.1, 0.15) is 0 Å². The van der Waals surface area contributed by atoms with E-state index >= 15 is 0 Å².